The number of nitrogens with zero attached hydrogens (tertiary/aromatic N) is 1. The van der Waals surface area contributed by atoms with Gasteiger partial charge in [-0.2, -0.15) is 0 Å². The highest BCUT2D eigenvalue weighted by Gasteiger charge is 2.36. The maximum Gasteiger partial charge on any atom is 0.261 e. The van der Waals surface area contributed by atoms with E-state index in [0.29, 0.717) is 13.1 Å². The molecule has 2 aliphatic heterocycles. The Kier molecular flexibility index (Phi) is 6.35. The van der Waals surface area contributed by atoms with Crippen LogP contribution < -0.4 is 10.8 Å². The molecule has 1 aliphatic carbocycles. The molecule has 0 radical (unpaired) electrons. The van der Waals surface area contributed by atoms with Gasteiger partial charge in [0, 0.05) is 31.1 Å². The molecule has 0 saturated carbocycles. The lowest BCUT2D eigenvalue weighted by Gasteiger charge is -2.38. The first kappa shape index (κ1) is 19.9. The maximum atomic E-state index is 12.9. The number of rotatable bonds is 5. The molecular weight excluding hydrogens is 374 g/mol. The monoisotopic (exact) mass is 405 g/mol. The molecule has 7 heteroatoms. The predicted molar refractivity (Wildman–Crippen MR) is 110 cm³/mol. The van der Waals surface area contributed by atoms with E-state index >= 15 is 0 Å². The van der Waals surface area contributed by atoms with Crippen molar-refractivity contribution in [2.45, 2.75) is 63.0 Å². The van der Waals surface area contributed by atoms with Gasteiger partial charge in [0.1, 0.15) is 6.26 Å². The van der Waals surface area contributed by atoms with Crippen LogP contribution in [0.3, 0.4) is 0 Å². The molecule has 1 amide bonds. The zero-order valence-electron chi connectivity index (χ0n) is 16.4. The van der Waals surface area contributed by atoms with E-state index in [2.05, 4.69) is 21.8 Å². The minimum absolute atomic E-state index is 0.00827. The number of aliphatic hydroxyl groups is 1. The molecule has 3 N–H and O–H groups in total. The molecule has 1 saturated heterocycles. The number of thiophene rings is 1. The number of aliphatic hydroxyl groups excluding tert-OH is 1. The Labute approximate surface area is 170 Å². The number of β-amino-alcohol motifs (C(OH)–C–C–N with tert-alkyl or cyclic N) is 1. The molecule has 1 fully saturated rings. The molecule has 3 aliphatic rings. The van der Waals surface area contributed by atoms with Crippen LogP contribution in [0.25, 0.3) is 0 Å². The van der Waals surface area contributed by atoms with E-state index in [9.17, 15) is 9.90 Å². The van der Waals surface area contributed by atoms with Gasteiger partial charge in [-0.25, -0.2) is 0 Å². The van der Waals surface area contributed by atoms with Crippen molar-refractivity contribution in [3.05, 3.63) is 33.7 Å². The Morgan fingerprint density at radius 1 is 1.36 bits per heavy atom. The van der Waals surface area contributed by atoms with Crippen molar-refractivity contribution >= 4 is 17.2 Å². The molecule has 1 aromatic heterocycles. The Hall–Kier alpha value is -1.41. The van der Waals surface area contributed by atoms with E-state index in [0.717, 1.165) is 43.6 Å². The van der Waals surface area contributed by atoms with Crippen LogP contribution in [-0.2, 0) is 17.7 Å². The third-order valence-electron chi connectivity index (χ3n) is 6.03. The number of hydrogen-bond donors (Lipinski definition) is 3. The standard InChI is InChI=1S/C21H31N3O3S/c25-17-8-10-24(13-17)15-21(9-5-11-27-23-21)14-22-20(26)19-12-16-6-3-1-2-4-7-18(16)28-19/h5,11-12,17,23,25H,1-4,6-10,13-15H2,(H,22,26). The summed E-state index contributed by atoms with van der Waals surface area (Å²) in [5.74, 6) is 0.00827. The highest BCUT2D eigenvalue weighted by Crippen LogP contribution is 2.28. The number of likely N-dealkylation sites (tertiary alicyclic amines) is 1. The Morgan fingerprint density at radius 2 is 2.21 bits per heavy atom. The topological polar surface area (TPSA) is 73.8 Å². The number of aryl methyl sites for hydroxylation is 2. The van der Waals surface area contributed by atoms with Crippen molar-refractivity contribution in [2.24, 2.45) is 0 Å². The summed E-state index contributed by atoms with van der Waals surface area (Å²) in [4.78, 5) is 22.7. The van der Waals surface area contributed by atoms with Crippen LogP contribution in [0.4, 0.5) is 0 Å². The molecule has 6 nitrogen and oxygen atoms in total. The fourth-order valence-corrected chi connectivity index (χ4v) is 5.63. The minimum atomic E-state index is -0.375. The smallest absolute Gasteiger partial charge is 0.261 e. The van der Waals surface area contributed by atoms with E-state index in [-0.39, 0.29) is 17.6 Å². The fourth-order valence-electron chi connectivity index (χ4n) is 4.46. The molecule has 0 spiro atoms. The lowest BCUT2D eigenvalue weighted by molar-refractivity contribution is 0.0104. The fraction of sp³-hybridized carbons (Fsp3) is 0.667. The molecule has 4 rings (SSSR count). The van der Waals surface area contributed by atoms with Crippen molar-refractivity contribution in [3.63, 3.8) is 0 Å². The van der Waals surface area contributed by atoms with E-state index < -0.39 is 0 Å². The zero-order chi connectivity index (χ0) is 19.4. The average Bonchev–Trinajstić information content (AvgIpc) is 3.26. The second-order valence-corrected chi connectivity index (χ2v) is 9.55. The number of hydroxylamine groups is 1. The van der Waals surface area contributed by atoms with Crippen LogP contribution in [0.5, 0.6) is 0 Å². The second-order valence-electron chi connectivity index (χ2n) is 8.41. The zero-order valence-corrected chi connectivity index (χ0v) is 17.2. The quantitative estimate of drug-likeness (QED) is 0.701. The van der Waals surface area contributed by atoms with Crippen molar-refractivity contribution in [2.75, 3.05) is 26.2 Å². The van der Waals surface area contributed by atoms with E-state index in [1.165, 1.54) is 36.1 Å². The molecular formula is C21H31N3O3S. The molecule has 154 valence electrons. The first-order valence-corrected chi connectivity index (χ1v) is 11.3. The number of fused-ring (bicyclic) bond motifs is 1. The second kappa shape index (κ2) is 8.95. The first-order valence-electron chi connectivity index (χ1n) is 10.5. The van der Waals surface area contributed by atoms with Gasteiger partial charge in [0.2, 0.25) is 0 Å². The number of nitrogens with one attached hydrogen (secondary N) is 2. The summed E-state index contributed by atoms with van der Waals surface area (Å²) in [5, 5.41) is 13.0. The number of amides is 1. The summed E-state index contributed by atoms with van der Waals surface area (Å²) in [7, 11) is 0. The minimum Gasteiger partial charge on any atom is -0.416 e. The third-order valence-corrected chi connectivity index (χ3v) is 7.27. The lowest BCUT2D eigenvalue weighted by Crippen LogP contribution is -2.59. The molecule has 1 aromatic rings. The van der Waals surface area contributed by atoms with Gasteiger partial charge in [0.05, 0.1) is 16.5 Å². The Balaban J connectivity index is 1.40. The summed E-state index contributed by atoms with van der Waals surface area (Å²) in [5.41, 5.74) is 4.12. The van der Waals surface area contributed by atoms with Gasteiger partial charge in [-0.15, -0.1) is 16.8 Å². The first-order chi connectivity index (χ1) is 13.6. The van der Waals surface area contributed by atoms with E-state index in [1.807, 2.05) is 6.08 Å². The average molecular weight is 406 g/mol. The number of carbonyl (C=O) groups is 1. The summed E-state index contributed by atoms with van der Waals surface area (Å²) in [6.45, 7) is 2.78. The van der Waals surface area contributed by atoms with Crippen LogP contribution >= 0.6 is 11.3 Å². The summed E-state index contributed by atoms with van der Waals surface area (Å²) in [6.07, 6.45) is 12.2. The normalized spacial score (nSPS) is 28.2. The maximum absolute atomic E-state index is 12.9. The van der Waals surface area contributed by atoms with Crippen LogP contribution in [0.2, 0.25) is 0 Å². The van der Waals surface area contributed by atoms with Gasteiger partial charge in [-0.05, 0) is 56.2 Å². The molecule has 3 heterocycles. The summed E-state index contributed by atoms with van der Waals surface area (Å²) in [6, 6.07) is 2.11. The Bertz CT molecular complexity index is 694. The molecule has 2 unspecified atom stereocenters. The van der Waals surface area contributed by atoms with Gasteiger partial charge in [-0.3, -0.25) is 9.69 Å². The highest BCUT2D eigenvalue weighted by atomic mass is 32.1. The van der Waals surface area contributed by atoms with Crippen LogP contribution in [0, 0.1) is 0 Å². The lowest BCUT2D eigenvalue weighted by atomic mass is 9.94. The SMILES string of the molecule is O=C(NCC1(CN2CCC(O)C2)CC=CON1)c1cc2c(s1)CCCCCC2. The predicted octanol–water partition coefficient (Wildman–Crippen LogP) is 2.38. The molecule has 28 heavy (non-hydrogen) atoms. The van der Waals surface area contributed by atoms with E-state index in [4.69, 9.17) is 4.84 Å². The summed E-state index contributed by atoms with van der Waals surface area (Å²) < 4.78 is 0. The van der Waals surface area contributed by atoms with Crippen LogP contribution in [0.1, 0.15) is 58.6 Å². The van der Waals surface area contributed by atoms with Crippen molar-refractivity contribution in [3.8, 4) is 0 Å². The van der Waals surface area contributed by atoms with Gasteiger partial charge in [0.25, 0.3) is 5.91 Å². The highest BCUT2D eigenvalue weighted by molar-refractivity contribution is 7.14. The van der Waals surface area contributed by atoms with Gasteiger partial charge in [-0.1, -0.05) is 12.8 Å². The molecule has 2 atom stereocenters. The number of carbonyl (C=O) groups excluding carboxylic acids is 1. The molecule has 0 aromatic carbocycles. The van der Waals surface area contributed by atoms with Crippen LogP contribution in [-0.4, -0.2) is 53.7 Å². The van der Waals surface area contributed by atoms with Crippen molar-refractivity contribution < 1.29 is 14.7 Å². The summed E-state index contributed by atoms with van der Waals surface area (Å²) >= 11 is 1.66. The third kappa shape index (κ3) is 4.76. The number of hydrogen-bond acceptors (Lipinski definition) is 6. The van der Waals surface area contributed by atoms with Gasteiger partial charge >= 0.3 is 0 Å². The van der Waals surface area contributed by atoms with E-state index in [1.54, 1.807) is 17.6 Å². The largest absolute Gasteiger partial charge is 0.416 e. The van der Waals surface area contributed by atoms with Crippen LogP contribution in [0.15, 0.2) is 18.4 Å². The van der Waals surface area contributed by atoms with Crippen molar-refractivity contribution in [1.82, 2.24) is 15.7 Å². The molecule has 0 bridgehead atoms. The van der Waals surface area contributed by atoms with Crippen molar-refractivity contribution in [1.29, 1.82) is 0 Å². The Morgan fingerprint density at radius 3 is 2.96 bits per heavy atom. The van der Waals surface area contributed by atoms with Gasteiger partial charge in [0.15, 0.2) is 0 Å². The van der Waals surface area contributed by atoms with Gasteiger partial charge < -0.3 is 15.3 Å².